The number of nitrogens with zero attached hydrogens (tertiary/aromatic N) is 4. The first-order valence-corrected chi connectivity index (χ1v) is 12.0. The number of amides is 2. The SMILES string of the molecule is CO/N=C(\C(=O)N[C@@H]1C(=O)N2C(C(=O)[O-])=C(C[n+]3ccc(Cl)c(N)c3)CS[C@H]12)c1csc(N)n1. The fraction of sp³-hybridized carbons (Fsp3) is 0.263. The summed E-state index contributed by atoms with van der Waals surface area (Å²) in [6, 6.07) is 0.620. The van der Waals surface area contributed by atoms with E-state index in [0.717, 1.165) is 16.2 Å². The first-order valence-electron chi connectivity index (χ1n) is 9.66. The zero-order valence-electron chi connectivity index (χ0n) is 17.6. The number of thioether (sulfide) groups is 1. The second-order valence-corrected chi connectivity index (χ2v) is 9.62. The summed E-state index contributed by atoms with van der Waals surface area (Å²) in [7, 11) is 1.26. The summed E-state index contributed by atoms with van der Waals surface area (Å²) in [4.78, 5) is 47.5. The van der Waals surface area contributed by atoms with Gasteiger partial charge >= 0.3 is 0 Å². The monoisotopic (exact) mass is 523 g/mol. The quantitative estimate of drug-likeness (QED) is 0.172. The predicted octanol–water partition coefficient (Wildman–Crippen LogP) is -1.30. The second-order valence-electron chi connectivity index (χ2n) is 7.21. The summed E-state index contributed by atoms with van der Waals surface area (Å²) in [6.07, 6.45) is 3.22. The molecule has 0 unspecified atom stereocenters. The molecule has 0 aromatic carbocycles. The third kappa shape index (κ3) is 4.38. The lowest BCUT2D eigenvalue weighted by Crippen LogP contribution is -2.71. The zero-order chi connectivity index (χ0) is 24.6. The summed E-state index contributed by atoms with van der Waals surface area (Å²) in [5.41, 5.74) is 12.1. The van der Waals surface area contributed by atoms with Gasteiger partial charge in [0.1, 0.15) is 29.9 Å². The van der Waals surface area contributed by atoms with Crippen molar-refractivity contribution in [2.45, 2.75) is 18.0 Å². The number of carboxylic acids is 1. The van der Waals surface area contributed by atoms with E-state index in [1.807, 2.05) is 0 Å². The molecule has 4 rings (SSSR count). The molecule has 0 spiro atoms. The molecule has 1 saturated heterocycles. The molecule has 15 heteroatoms. The Hall–Kier alpha value is -3.36. The Labute approximate surface area is 206 Å². The molecule has 0 bridgehead atoms. The number of nitrogens with one attached hydrogen (secondary N) is 1. The summed E-state index contributed by atoms with van der Waals surface area (Å²) >= 11 is 8.37. The summed E-state index contributed by atoms with van der Waals surface area (Å²) in [5.74, 6) is -2.48. The average molecular weight is 524 g/mol. The number of oxime groups is 1. The van der Waals surface area contributed by atoms with Gasteiger partial charge in [0, 0.05) is 22.8 Å². The maximum atomic E-state index is 12.9. The second kappa shape index (κ2) is 9.48. The van der Waals surface area contributed by atoms with Crippen LogP contribution >= 0.6 is 34.7 Å². The molecule has 4 heterocycles. The normalized spacial score (nSPS) is 20.0. The first kappa shape index (κ1) is 23.8. The van der Waals surface area contributed by atoms with Gasteiger partial charge in [0.25, 0.3) is 11.8 Å². The smallest absolute Gasteiger partial charge is 0.276 e. The molecule has 2 aromatic rings. The van der Waals surface area contributed by atoms with Crippen molar-refractivity contribution in [2.75, 3.05) is 24.3 Å². The number of carbonyl (C=O) groups is 3. The fourth-order valence-corrected chi connectivity index (χ4v) is 5.54. The molecule has 0 saturated carbocycles. The third-order valence-electron chi connectivity index (χ3n) is 5.06. The number of aliphatic carboxylic acids is 1. The van der Waals surface area contributed by atoms with Crippen LogP contribution in [-0.2, 0) is 25.8 Å². The highest BCUT2D eigenvalue weighted by atomic mass is 35.5. The Bertz CT molecular complexity index is 1250. The molecule has 2 aromatic heterocycles. The van der Waals surface area contributed by atoms with Crippen molar-refractivity contribution in [3.8, 4) is 0 Å². The minimum absolute atomic E-state index is 0.157. The Balaban J connectivity index is 1.54. The van der Waals surface area contributed by atoms with Gasteiger partial charge in [-0.15, -0.1) is 23.1 Å². The van der Waals surface area contributed by atoms with E-state index < -0.39 is 29.2 Å². The lowest BCUT2D eigenvalue weighted by molar-refractivity contribution is -0.688. The van der Waals surface area contributed by atoms with Crippen LogP contribution in [0, 0.1) is 0 Å². The van der Waals surface area contributed by atoms with Crippen molar-refractivity contribution in [1.82, 2.24) is 15.2 Å². The lowest BCUT2D eigenvalue weighted by atomic mass is 10.0. The molecule has 5 N–H and O–H groups in total. The number of β-lactam (4-membered cyclic amide) rings is 1. The van der Waals surface area contributed by atoms with Crippen LogP contribution in [0.4, 0.5) is 10.8 Å². The van der Waals surface area contributed by atoms with Gasteiger partial charge in [-0.1, -0.05) is 16.8 Å². The number of nitrogen functional groups attached to an aromatic ring is 2. The number of halogens is 1. The van der Waals surface area contributed by atoms with E-state index in [0.29, 0.717) is 22.0 Å². The van der Waals surface area contributed by atoms with Gasteiger partial charge in [0.2, 0.25) is 0 Å². The van der Waals surface area contributed by atoms with E-state index in [-0.39, 0.29) is 28.8 Å². The van der Waals surface area contributed by atoms with Crippen LogP contribution in [0.1, 0.15) is 5.69 Å². The number of nitrogens with two attached hydrogens (primary N) is 2. The minimum atomic E-state index is -1.49. The number of rotatable bonds is 7. The van der Waals surface area contributed by atoms with Crippen LogP contribution in [0.25, 0.3) is 0 Å². The standard InChI is InChI=1S/C19H18ClN7O5S2/c1-32-25-12(11-7-34-19(22)23-11)15(28)24-13-16(29)27-14(18(30)31)8(6-33-17(13)27)4-26-3-2-9(20)10(21)5-26/h2-3,5,7,13,17H,4,6,21H2,1H3,(H3-,22,23,24,28,30,31)/b25-12-/t13-,17-/m1/s1. The van der Waals surface area contributed by atoms with Crippen molar-refractivity contribution >= 4 is 69.0 Å². The fourth-order valence-electron chi connectivity index (χ4n) is 3.55. The summed E-state index contributed by atoms with van der Waals surface area (Å²) in [6.45, 7) is 0.168. The Morgan fingerprint density at radius 2 is 2.24 bits per heavy atom. The average Bonchev–Trinajstić information content (AvgIpc) is 3.23. The van der Waals surface area contributed by atoms with Gasteiger partial charge in [-0.3, -0.25) is 14.5 Å². The number of anilines is 2. The molecule has 1 fully saturated rings. The Morgan fingerprint density at radius 3 is 2.85 bits per heavy atom. The molecule has 0 radical (unpaired) electrons. The van der Waals surface area contributed by atoms with Gasteiger partial charge in [-0.05, 0) is 0 Å². The number of aromatic nitrogens is 2. The molecule has 12 nitrogen and oxygen atoms in total. The van der Waals surface area contributed by atoms with Gasteiger partial charge in [-0.2, -0.15) is 4.57 Å². The van der Waals surface area contributed by atoms with Gasteiger partial charge in [-0.25, -0.2) is 4.98 Å². The van der Waals surface area contributed by atoms with Crippen molar-refractivity contribution in [3.63, 3.8) is 0 Å². The minimum Gasteiger partial charge on any atom is -0.543 e. The van der Waals surface area contributed by atoms with Crippen molar-refractivity contribution in [2.24, 2.45) is 5.16 Å². The van der Waals surface area contributed by atoms with E-state index in [1.54, 1.807) is 23.0 Å². The van der Waals surface area contributed by atoms with Crippen LogP contribution < -0.4 is 26.5 Å². The molecular formula is C19H18ClN7O5S2. The molecule has 178 valence electrons. The van der Waals surface area contributed by atoms with Gasteiger partial charge in [0.15, 0.2) is 29.8 Å². The van der Waals surface area contributed by atoms with E-state index in [9.17, 15) is 19.5 Å². The van der Waals surface area contributed by atoms with Crippen molar-refractivity contribution in [3.05, 3.63) is 45.8 Å². The van der Waals surface area contributed by atoms with Crippen molar-refractivity contribution in [1.29, 1.82) is 0 Å². The highest BCUT2D eigenvalue weighted by Gasteiger charge is 2.53. The number of hydrogen-bond donors (Lipinski definition) is 3. The third-order valence-corrected chi connectivity index (χ3v) is 7.41. The molecule has 2 atom stereocenters. The Morgan fingerprint density at radius 1 is 1.47 bits per heavy atom. The van der Waals surface area contributed by atoms with Crippen LogP contribution in [0.3, 0.4) is 0 Å². The number of hydrogen-bond acceptors (Lipinski definition) is 11. The predicted molar refractivity (Wildman–Crippen MR) is 123 cm³/mol. The maximum Gasteiger partial charge on any atom is 0.276 e. The summed E-state index contributed by atoms with van der Waals surface area (Å²) in [5, 5.41) is 19.7. The number of thiazole rings is 1. The molecule has 34 heavy (non-hydrogen) atoms. The van der Waals surface area contributed by atoms with Crippen LogP contribution in [0.2, 0.25) is 5.02 Å². The number of carboxylic acid groups (broad SMARTS) is 1. The topological polar surface area (TPSA) is 180 Å². The molecule has 2 aliphatic heterocycles. The molecule has 2 aliphatic rings. The maximum absolute atomic E-state index is 12.9. The Kier molecular flexibility index (Phi) is 6.63. The zero-order valence-corrected chi connectivity index (χ0v) is 19.9. The van der Waals surface area contributed by atoms with Crippen molar-refractivity contribution < 1.29 is 28.9 Å². The highest BCUT2D eigenvalue weighted by molar-refractivity contribution is 8.00. The molecule has 0 aliphatic carbocycles. The molecule has 2 amide bonds. The lowest BCUT2D eigenvalue weighted by Gasteiger charge is -2.50. The number of pyridine rings is 1. The largest absolute Gasteiger partial charge is 0.543 e. The highest BCUT2D eigenvalue weighted by Crippen LogP contribution is 2.40. The van der Waals surface area contributed by atoms with Crippen LogP contribution in [-0.4, -0.2) is 57.7 Å². The van der Waals surface area contributed by atoms with E-state index in [1.165, 1.54) is 24.3 Å². The number of carbonyl (C=O) groups excluding carboxylic acids is 3. The number of fused-ring (bicyclic) bond motifs is 1. The molecular weight excluding hydrogens is 506 g/mol. The van der Waals surface area contributed by atoms with Crippen LogP contribution in [0.5, 0.6) is 0 Å². The summed E-state index contributed by atoms with van der Waals surface area (Å²) < 4.78 is 1.66. The van der Waals surface area contributed by atoms with E-state index >= 15 is 0 Å². The van der Waals surface area contributed by atoms with Gasteiger partial charge < -0.3 is 31.5 Å². The van der Waals surface area contributed by atoms with E-state index in [2.05, 4.69) is 15.5 Å². The van der Waals surface area contributed by atoms with Crippen LogP contribution in [0.15, 0.2) is 40.3 Å². The van der Waals surface area contributed by atoms with E-state index in [4.69, 9.17) is 27.9 Å². The first-order chi connectivity index (χ1) is 16.2. The van der Waals surface area contributed by atoms with Gasteiger partial charge in [0.05, 0.1) is 16.7 Å².